The van der Waals surface area contributed by atoms with E-state index in [0.717, 1.165) is 25.1 Å². The number of anilines is 2. The van der Waals surface area contributed by atoms with Gasteiger partial charge in [-0.25, -0.2) is 0 Å². The molecule has 6 nitrogen and oxygen atoms in total. The molecule has 0 saturated carbocycles. The van der Waals surface area contributed by atoms with Gasteiger partial charge in [-0.2, -0.15) is 0 Å². The zero-order valence-corrected chi connectivity index (χ0v) is 13.8. The molecule has 6 heteroatoms. The molecule has 23 heavy (non-hydrogen) atoms. The van der Waals surface area contributed by atoms with E-state index in [9.17, 15) is 4.79 Å². The van der Waals surface area contributed by atoms with E-state index in [4.69, 9.17) is 0 Å². The molecule has 0 unspecified atom stereocenters. The monoisotopic (exact) mass is 313 g/mol. The molecule has 0 bridgehead atoms. The second kappa shape index (κ2) is 8.24. The first-order valence-corrected chi connectivity index (χ1v) is 7.65. The van der Waals surface area contributed by atoms with Crippen molar-refractivity contribution < 1.29 is 4.79 Å². The van der Waals surface area contributed by atoms with Gasteiger partial charge in [-0.3, -0.25) is 4.79 Å². The van der Waals surface area contributed by atoms with Gasteiger partial charge < -0.3 is 15.5 Å². The highest BCUT2D eigenvalue weighted by molar-refractivity contribution is 6.03. The van der Waals surface area contributed by atoms with E-state index < -0.39 is 0 Å². The SMILES string of the molecule is Cc1ccc(C(=O)Nc2ccc(NCCCN(C)C)nn2)cc1. The summed E-state index contributed by atoms with van der Waals surface area (Å²) in [5, 5.41) is 14.0. The van der Waals surface area contributed by atoms with Crippen LogP contribution in [0.2, 0.25) is 0 Å². The zero-order valence-electron chi connectivity index (χ0n) is 13.8. The highest BCUT2D eigenvalue weighted by atomic mass is 16.1. The fourth-order valence-electron chi connectivity index (χ4n) is 2.00. The summed E-state index contributed by atoms with van der Waals surface area (Å²) in [5.74, 6) is 0.956. The van der Waals surface area contributed by atoms with Gasteiger partial charge in [-0.15, -0.1) is 10.2 Å². The van der Waals surface area contributed by atoms with Crippen LogP contribution in [0.3, 0.4) is 0 Å². The van der Waals surface area contributed by atoms with Crippen molar-refractivity contribution in [3.05, 3.63) is 47.5 Å². The lowest BCUT2D eigenvalue weighted by Gasteiger charge is -2.10. The van der Waals surface area contributed by atoms with Gasteiger partial charge in [0.15, 0.2) is 5.82 Å². The van der Waals surface area contributed by atoms with Crippen molar-refractivity contribution in [2.45, 2.75) is 13.3 Å². The van der Waals surface area contributed by atoms with Crippen LogP contribution in [0.4, 0.5) is 11.6 Å². The Labute approximate surface area is 136 Å². The molecule has 0 aliphatic heterocycles. The van der Waals surface area contributed by atoms with Crippen molar-refractivity contribution in [3.8, 4) is 0 Å². The fraction of sp³-hybridized carbons (Fsp3) is 0.353. The van der Waals surface area contributed by atoms with Crippen LogP contribution in [0, 0.1) is 6.92 Å². The maximum Gasteiger partial charge on any atom is 0.256 e. The lowest BCUT2D eigenvalue weighted by molar-refractivity contribution is 0.102. The van der Waals surface area contributed by atoms with Gasteiger partial charge in [-0.05, 0) is 58.3 Å². The summed E-state index contributed by atoms with van der Waals surface area (Å²) in [6, 6.07) is 10.9. The lowest BCUT2D eigenvalue weighted by atomic mass is 10.1. The van der Waals surface area contributed by atoms with Gasteiger partial charge in [0.25, 0.3) is 5.91 Å². The molecule has 1 amide bonds. The van der Waals surface area contributed by atoms with E-state index >= 15 is 0 Å². The first kappa shape index (κ1) is 16.9. The van der Waals surface area contributed by atoms with Crippen molar-refractivity contribution in [2.75, 3.05) is 37.8 Å². The minimum atomic E-state index is -0.189. The maximum atomic E-state index is 12.1. The van der Waals surface area contributed by atoms with Gasteiger partial charge in [-0.1, -0.05) is 17.7 Å². The summed E-state index contributed by atoms with van der Waals surface area (Å²) >= 11 is 0. The smallest absolute Gasteiger partial charge is 0.256 e. The number of benzene rings is 1. The van der Waals surface area contributed by atoms with Gasteiger partial charge in [0.1, 0.15) is 5.82 Å². The normalized spacial score (nSPS) is 10.6. The Morgan fingerprint density at radius 1 is 1.04 bits per heavy atom. The first-order chi connectivity index (χ1) is 11.0. The standard InChI is InChI=1S/C17H23N5O/c1-13-5-7-14(8-6-13)17(23)19-16-10-9-15(20-21-16)18-11-4-12-22(2)3/h5-10H,4,11-12H2,1-3H3,(H,18,20)(H,19,21,23). The Morgan fingerprint density at radius 3 is 2.30 bits per heavy atom. The van der Waals surface area contributed by atoms with Crippen LogP contribution in [0.15, 0.2) is 36.4 Å². The number of hydrogen-bond donors (Lipinski definition) is 2. The van der Waals surface area contributed by atoms with E-state index in [0.29, 0.717) is 17.2 Å². The van der Waals surface area contributed by atoms with E-state index in [-0.39, 0.29) is 5.91 Å². The van der Waals surface area contributed by atoms with Crippen LogP contribution in [-0.4, -0.2) is 48.2 Å². The molecule has 0 aliphatic rings. The van der Waals surface area contributed by atoms with Gasteiger partial charge >= 0.3 is 0 Å². The number of amides is 1. The molecule has 2 N–H and O–H groups in total. The van der Waals surface area contributed by atoms with E-state index in [1.54, 1.807) is 18.2 Å². The number of aryl methyl sites for hydroxylation is 1. The number of nitrogens with zero attached hydrogens (tertiary/aromatic N) is 3. The van der Waals surface area contributed by atoms with Crippen molar-refractivity contribution in [1.82, 2.24) is 15.1 Å². The van der Waals surface area contributed by atoms with Crippen molar-refractivity contribution in [3.63, 3.8) is 0 Å². The third kappa shape index (κ3) is 5.67. The van der Waals surface area contributed by atoms with E-state index in [2.05, 4.69) is 25.7 Å². The van der Waals surface area contributed by atoms with Crippen LogP contribution in [-0.2, 0) is 0 Å². The topological polar surface area (TPSA) is 70.2 Å². The molecule has 122 valence electrons. The third-order valence-corrected chi connectivity index (χ3v) is 3.31. The molecule has 0 radical (unpaired) electrons. The molecule has 2 aromatic rings. The minimum Gasteiger partial charge on any atom is -0.369 e. The summed E-state index contributed by atoms with van der Waals surface area (Å²) in [7, 11) is 4.09. The predicted molar refractivity (Wildman–Crippen MR) is 92.8 cm³/mol. The molecule has 0 spiro atoms. The lowest BCUT2D eigenvalue weighted by Crippen LogP contribution is -2.17. The van der Waals surface area contributed by atoms with Crippen LogP contribution in [0.5, 0.6) is 0 Å². The van der Waals surface area contributed by atoms with E-state index in [1.165, 1.54) is 0 Å². The Balaban J connectivity index is 1.84. The highest BCUT2D eigenvalue weighted by Gasteiger charge is 2.06. The Kier molecular flexibility index (Phi) is 6.05. The van der Waals surface area contributed by atoms with Crippen molar-refractivity contribution >= 4 is 17.5 Å². The largest absolute Gasteiger partial charge is 0.369 e. The number of carbonyl (C=O) groups is 1. The molecule has 0 fully saturated rings. The van der Waals surface area contributed by atoms with Crippen molar-refractivity contribution in [2.24, 2.45) is 0 Å². The fourth-order valence-corrected chi connectivity index (χ4v) is 2.00. The minimum absolute atomic E-state index is 0.189. The number of rotatable bonds is 7. The molecule has 0 saturated heterocycles. The van der Waals surface area contributed by atoms with Crippen LogP contribution in [0.25, 0.3) is 0 Å². The molecule has 1 aromatic heterocycles. The maximum absolute atomic E-state index is 12.1. The van der Waals surface area contributed by atoms with Gasteiger partial charge in [0, 0.05) is 12.1 Å². The Morgan fingerprint density at radius 2 is 1.70 bits per heavy atom. The predicted octanol–water partition coefficient (Wildman–Crippen LogP) is 2.40. The van der Waals surface area contributed by atoms with E-state index in [1.807, 2.05) is 39.2 Å². The summed E-state index contributed by atoms with van der Waals surface area (Å²) in [6.07, 6.45) is 1.03. The number of carbonyl (C=O) groups excluding carboxylic acids is 1. The molecule has 2 rings (SSSR count). The third-order valence-electron chi connectivity index (χ3n) is 3.31. The second-order valence-electron chi connectivity index (χ2n) is 5.71. The van der Waals surface area contributed by atoms with Crippen LogP contribution >= 0.6 is 0 Å². The number of aromatic nitrogens is 2. The highest BCUT2D eigenvalue weighted by Crippen LogP contribution is 2.09. The number of hydrogen-bond acceptors (Lipinski definition) is 5. The first-order valence-electron chi connectivity index (χ1n) is 7.65. The second-order valence-corrected chi connectivity index (χ2v) is 5.71. The number of nitrogens with one attached hydrogen (secondary N) is 2. The summed E-state index contributed by atoms with van der Waals surface area (Å²) in [6.45, 7) is 3.84. The summed E-state index contributed by atoms with van der Waals surface area (Å²) < 4.78 is 0. The molecular weight excluding hydrogens is 290 g/mol. The molecule has 1 aromatic carbocycles. The Bertz CT molecular complexity index is 622. The van der Waals surface area contributed by atoms with Crippen molar-refractivity contribution in [1.29, 1.82) is 0 Å². The van der Waals surface area contributed by atoms with Crippen LogP contribution in [0.1, 0.15) is 22.3 Å². The Hall–Kier alpha value is -2.47. The molecule has 1 heterocycles. The summed E-state index contributed by atoms with van der Waals surface area (Å²) in [4.78, 5) is 14.2. The average Bonchev–Trinajstić information content (AvgIpc) is 2.53. The molecule has 0 atom stereocenters. The molecule has 0 aliphatic carbocycles. The zero-order chi connectivity index (χ0) is 16.7. The quantitative estimate of drug-likeness (QED) is 0.768. The average molecular weight is 313 g/mol. The molecular formula is C17H23N5O. The van der Waals surface area contributed by atoms with Gasteiger partial charge in [0.2, 0.25) is 0 Å². The van der Waals surface area contributed by atoms with Gasteiger partial charge in [0.05, 0.1) is 0 Å². The summed E-state index contributed by atoms with van der Waals surface area (Å²) in [5.41, 5.74) is 1.72. The van der Waals surface area contributed by atoms with Crippen LogP contribution < -0.4 is 10.6 Å².